The van der Waals surface area contributed by atoms with Crippen LogP contribution in [0.3, 0.4) is 0 Å². The van der Waals surface area contributed by atoms with E-state index in [1.807, 2.05) is 0 Å². The number of fused-ring (bicyclic) bond motifs is 2. The van der Waals surface area contributed by atoms with Crippen molar-refractivity contribution in [3.63, 3.8) is 0 Å². The lowest BCUT2D eigenvalue weighted by molar-refractivity contribution is 0.944. The maximum Gasteiger partial charge on any atom is 0.0625 e. The summed E-state index contributed by atoms with van der Waals surface area (Å²) < 4.78 is 0. The zero-order chi connectivity index (χ0) is 13.8. The molecule has 0 bridgehead atoms. The molecule has 0 saturated carbocycles. The number of nitriles is 1. The number of hydrogen-bond donors (Lipinski definition) is 0. The van der Waals surface area contributed by atoms with Gasteiger partial charge in [0.25, 0.3) is 0 Å². The van der Waals surface area contributed by atoms with E-state index < -0.39 is 0 Å². The summed E-state index contributed by atoms with van der Waals surface area (Å²) in [6.07, 6.45) is 5.81. The second kappa shape index (κ2) is 5.75. The Balaban J connectivity index is 2.13. The number of hydrogen-bond acceptors (Lipinski definition) is 1. The van der Waals surface area contributed by atoms with Gasteiger partial charge in [-0.1, -0.05) is 54.6 Å². The first kappa shape index (κ1) is 12.7. The molecule has 1 aliphatic carbocycles. The van der Waals surface area contributed by atoms with Crippen LogP contribution in [0.15, 0.2) is 48.5 Å². The second-order valence-corrected chi connectivity index (χ2v) is 5.18. The number of rotatable bonds is 2. The molecule has 20 heavy (non-hydrogen) atoms. The molecule has 0 N–H and O–H groups in total. The largest absolute Gasteiger partial charge is 0.198 e. The Morgan fingerprint density at radius 2 is 1.60 bits per heavy atom. The maximum atomic E-state index is 8.89. The fourth-order valence-corrected chi connectivity index (χ4v) is 2.89. The Morgan fingerprint density at radius 1 is 0.900 bits per heavy atom. The molecule has 3 rings (SSSR count). The van der Waals surface area contributed by atoms with Crippen LogP contribution in [0.4, 0.5) is 0 Å². The van der Waals surface area contributed by atoms with Gasteiger partial charge in [0.2, 0.25) is 0 Å². The number of aryl methyl sites for hydroxylation is 2. The highest BCUT2D eigenvalue weighted by Gasteiger charge is 2.12. The van der Waals surface area contributed by atoms with Gasteiger partial charge in [-0.15, -0.1) is 0 Å². The van der Waals surface area contributed by atoms with Crippen molar-refractivity contribution in [2.45, 2.75) is 25.7 Å². The van der Waals surface area contributed by atoms with Crippen molar-refractivity contribution in [3.8, 4) is 6.07 Å². The second-order valence-electron chi connectivity index (χ2n) is 5.18. The summed E-state index contributed by atoms with van der Waals surface area (Å²) in [5, 5.41) is 8.89. The lowest BCUT2D eigenvalue weighted by atomic mass is 9.87. The van der Waals surface area contributed by atoms with Gasteiger partial charge in [-0.25, -0.2) is 0 Å². The highest BCUT2D eigenvalue weighted by atomic mass is 14.2. The summed E-state index contributed by atoms with van der Waals surface area (Å²) in [5.41, 5.74) is 6.70. The third kappa shape index (κ3) is 2.51. The first-order chi connectivity index (χ1) is 9.88. The average molecular weight is 259 g/mol. The molecule has 0 fully saturated rings. The highest BCUT2D eigenvalue weighted by Crippen LogP contribution is 2.30. The van der Waals surface area contributed by atoms with Gasteiger partial charge in [-0.2, -0.15) is 5.26 Å². The van der Waals surface area contributed by atoms with Crippen LogP contribution in [0.2, 0.25) is 0 Å². The quantitative estimate of drug-likeness (QED) is 0.771. The minimum atomic E-state index is 0.572. The van der Waals surface area contributed by atoms with Crippen LogP contribution in [0.5, 0.6) is 0 Å². The Hall–Kier alpha value is -2.33. The normalized spacial score (nSPS) is 13.2. The summed E-state index contributed by atoms with van der Waals surface area (Å²) in [7, 11) is 0. The van der Waals surface area contributed by atoms with E-state index in [4.69, 9.17) is 5.26 Å². The van der Waals surface area contributed by atoms with Crippen LogP contribution in [-0.2, 0) is 12.8 Å². The molecule has 1 nitrogen and oxygen atoms in total. The molecule has 0 aromatic heterocycles. The van der Waals surface area contributed by atoms with E-state index in [0.29, 0.717) is 6.42 Å². The van der Waals surface area contributed by atoms with E-state index in [0.717, 1.165) is 19.3 Å². The molecule has 2 aromatic carbocycles. The molecule has 1 heteroatoms. The first-order valence-corrected chi connectivity index (χ1v) is 7.12. The van der Waals surface area contributed by atoms with Gasteiger partial charge < -0.3 is 0 Å². The van der Waals surface area contributed by atoms with Gasteiger partial charge in [0.15, 0.2) is 0 Å². The van der Waals surface area contributed by atoms with Crippen LogP contribution in [0.25, 0.3) is 11.6 Å². The summed E-state index contributed by atoms with van der Waals surface area (Å²) in [4.78, 5) is 0. The fraction of sp³-hybridized carbons (Fsp3) is 0.211. The van der Waals surface area contributed by atoms with Crippen molar-refractivity contribution >= 4 is 11.6 Å². The summed E-state index contributed by atoms with van der Waals surface area (Å²) in [6.45, 7) is 0. The van der Waals surface area contributed by atoms with Crippen molar-refractivity contribution in [2.24, 2.45) is 0 Å². The SMILES string of the molecule is N#CCCC1=Cc2ccccc2CCc2ccccc21. The predicted molar refractivity (Wildman–Crippen MR) is 83.0 cm³/mol. The fourth-order valence-electron chi connectivity index (χ4n) is 2.89. The number of benzene rings is 2. The Labute approximate surface area is 120 Å². The third-order valence-corrected chi connectivity index (χ3v) is 3.92. The van der Waals surface area contributed by atoms with Crippen molar-refractivity contribution in [3.05, 3.63) is 70.8 Å². The van der Waals surface area contributed by atoms with Crippen LogP contribution < -0.4 is 0 Å². The maximum absolute atomic E-state index is 8.89. The number of nitrogens with zero attached hydrogens (tertiary/aromatic N) is 1. The van der Waals surface area contributed by atoms with Crippen LogP contribution >= 0.6 is 0 Å². The van der Waals surface area contributed by atoms with E-state index >= 15 is 0 Å². The Bertz CT molecular complexity index is 689. The monoisotopic (exact) mass is 259 g/mol. The third-order valence-electron chi connectivity index (χ3n) is 3.92. The molecule has 0 atom stereocenters. The smallest absolute Gasteiger partial charge is 0.0625 e. The van der Waals surface area contributed by atoms with Crippen LogP contribution in [-0.4, -0.2) is 0 Å². The lowest BCUT2D eigenvalue weighted by Crippen LogP contribution is -2.02. The van der Waals surface area contributed by atoms with E-state index in [-0.39, 0.29) is 0 Å². The molecule has 2 aromatic rings. The molecule has 1 aliphatic rings. The van der Waals surface area contributed by atoms with E-state index in [2.05, 4.69) is 60.7 Å². The van der Waals surface area contributed by atoms with Gasteiger partial charge in [-0.3, -0.25) is 0 Å². The molecular weight excluding hydrogens is 242 g/mol. The van der Waals surface area contributed by atoms with Crippen molar-refractivity contribution in [1.29, 1.82) is 5.26 Å². The van der Waals surface area contributed by atoms with E-state index in [1.54, 1.807) is 0 Å². The van der Waals surface area contributed by atoms with Gasteiger partial charge in [0, 0.05) is 6.42 Å². The molecule has 0 saturated heterocycles. The first-order valence-electron chi connectivity index (χ1n) is 7.12. The van der Waals surface area contributed by atoms with Crippen molar-refractivity contribution in [1.82, 2.24) is 0 Å². The van der Waals surface area contributed by atoms with E-state index in [1.165, 1.54) is 27.8 Å². The Morgan fingerprint density at radius 3 is 2.45 bits per heavy atom. The topological polar surface area (TPSA) is 23.8 Å². The zero-order valence-electron chi connectivity index (χ0n) is 11.5. The standard InChI is InChI=1S/C19H17N/c20-13-5-9-18-14-17-8-2-1-6-15(17)11-12-16-7-3-4-10-19(16)18/h1-4,6-8,10,14H,5,9,11-12H2. The molecule has 0 unspecified atom stereocenters. The predicted octanol–water partition coefficient (Wildman–Crippen LogP) is 4.63. The number of allylic oxidation sites excluding steroid dienone is 1. The van der Waals surface area contributed by atoms with Crippen molar-refractivity contribution < 1.29 is 0 Å². The van der Waals surface area contributed by atoms with Gasteiger partial charge in [0.05, 0.1) is 6.07 Å². The minimum absolute atomic E-state index is 0.572. The highest BCUT2D eigenvalue weighted by molar-refractivity contribution is 5.84. The van der Waals surface area contributed by atoms with Crippen LogP contribution in [0.1, 0.15) is 35.1 Å². The molecular formula is C19H17N. The van der Waals surface area contributed by atoms with Gasteiger partial charge in [-0.05, 0) is 47.1 Å². The molecule has 0 aliphatic heterocycles. The summed E-state index contributed by atoms with van der Waals surface area (Å²) in [5.74, 6) is 0. The zero-order valence-corrected chi connectivity index (χ0v) is 11.5. The lowest BCUT2D eigenvalue weighted by Gasteiger charge is -2.17. The Kier molecular flexibility index (Phi) is 3.65. The average Bonchev–Trinajstić information content (AvgIpc) is 2.48. The van der Waals surface area contributed by atoms with E-state index in [9.17, 15) is 0 Å². The van der Waals surface area contributed by atoms with Crippen molar-refractivity contribution in [2.75, 3.05) is 0 Å². The molecule has 0 amide bonds. The molecule has 0 radical (unpaired) electrons. The van der Waals surface area contributed by atoms with Crippen LogP contribution in [0, 0.1) is 11.3 Å². The molecule has 98 valence electrons. The van der Waals surface area contributed by atoms with Gasteiger partial charge >= 0.3 is 0 Å². The molecule has 0 spiro atoms. The molecule has 0 heterocycles. The van der Waals surface area contributed by atoms with Gasteiger partial charge in [0.1, 0.15) is 0 Å². The summed E-state index contributed by atoms with van der Waals surface area (Å²) >= 11 is 0. The summed E-state index contributed by atoms with van der Waals surface area (Å²) in [6, 6.07) is 19.4. The minimum Gasteiger partial charge on any atom is -0.198 e.